The molecule has 0 radical (unpaired) electrons. The molecule has 0 aromatic heterocycles. The van der Waals surface area contributed by atoms with E-state index in [1.165, 1.54) is 199 Å². The molecule has 2 atom stereocenters. The number of nitrogens with one attached hydrogen (secondary N) is 1. The molecule has 0 aromatic rings. The molecule has 3 N–H and O–H groups in total. The van der Waals surface area contributed by atoms with Crippen molar-refractivity contribution in [1.82, 2.24) is 5.32 Å². The minimum absolute atomic E-state index is 0.00964. The maximum atomic E-state index is 12.4. The second-order valence-electron chi connectivity index (χ2n) is 18.9. The Morgan fingerprint density at radius 1 is 0.435 bits per heavy atom. The van der Waals surface area contributed by atoms with Crippen LogP contribution in [0.2, 0.25) is 0 Å². The smallest absolute Gasteiger partial charge is 0.305 e. The van der Waals surface area contributed by atoms with Gasteiger partial charge in [0.05, 0.1) is 25.4 Å². The van der Waals surface area contributed by atoms with E-state index in [1.807, 2.05) is 6.08 Å². The lowest BCUT2D eigenvalue weighted by Gasteiger charge is -2.20. The number of amides is 1. The van der Waals surface area contributed by atoms with Crippen LogP contribution in [-0.4, -0.2) is 47.4 Å². The van der Waals surface area contributed by atoms with Crippen LogP contribution in [0.25, 0.3) is 0 Å². The predicted molar refractivity (Wildman–Crippen MR) is 269 cm³/mol. The van der Waals surface area contributed by atoms with Crippen LogP contribution in [0.4, 0.5) is 0 Å². The van der Waals surface area contributed by atoms with Gasteiger partial charge in [0, 0.05) is 12.8 Å². The minimum atomic E-state index is -0.854. The van der Waals surface area contributed by atoms with Crippen molar-refractivity contribution in [2.75, 3.05) is 13.2 Å². The summed E-state index contributed by atoms with van der Waals surface area (Å²) in [6.45, 7) is 4.88. The molecule has 0 bridgehead atoms. The molecule has 2 unspecified atom stereocenters. The summed E-state index contributed by atoms with van der Waals surface area (Å²) in [5, 5.41) is 23.1. The third kappa shape index (κ3) is 47.8. The van der Waals surface area contributed by atoms with Crippen LogP contribution in [-0.2, 0) is 14.3 Å². The first kappa shape index (κ1) is 60.3. The number of carbonyl (C=O) groups is 2. The van der Waals surface area contributed by atoms with Crippen LogP contribution in [0.3, 0.4) is 0 Å². The Balaban J connectivity index is 3.51. The summed E-state index contributed by atoms with van der Waals surface area (Å²) >= 11 is 0. The van der Waals surface area contributed by atoms with E-state index in [-0.39, 0.29) is 18.5 Å². The number of unbranched alkanes of at least 4 members (excludes halogenated alkanes) is 38. The molecule has 6 heteroatoms. The molecule has 1 amide bonds. The van der Waals surface area contributed by atoms with Crippen LogP contribution < -0.4 is 5.32 Å². The first-order chi connectivity index (χ1) is 30.5. The highest BCUT2D eigenvalue weighted by Crippen LogP contribution is 2.16. The van der Waals surface area contributed by atoms with E-state index in [2.05, 4.69) is 31.3 Å². The Labute approximate surface area is 386 Å². The Morgan fingerprint density at radius 2 is 0.758 bits per heavy atom. The summed E-state index contributed by atoms with van der Waals surface area (Å²) in [6.07, 6.45) is 61.8. The van der Waals surface area contributed by atoms with Gasteiger partial charge in [-0.1, -0.05) is 250 Å². The fraction of sp³-hybridized carbons (Fsp3) is 0.893. The average molecular weight is 874 g/mol. The van der Waals surface area contributed by atoms with E-state index < -0.39 is 12.1 Å². The molecule has 0 aliphatic rings. The van der Waals surface area contributed by atoms with Crippen LogP contribution in [0.5, 0.6) is 0 Å². The van der Waals surface area contributed by atoms with Gasteiger partial charge in [-0.25, -0.2) is 0 Å². The van der Waals surface area contributed by atoms with Gasteiger partial charge < -0.3 is 20.3 Å². The Hall–Kier alpha value is -1.66. The second kappa shape index (κ2) is 52.0. The summed E-state index contributed by atoms with van der Waals surface area (Å²) in [5.41, 5.74) is 0. The number of hydrogen-bond donors (Lipinski definition) is 3. The number of rotatable bonds is 51. The zero-order valence-electron chi connectivity index (χ0n) is 41.6. The summed E-state index contributed by atoms with van der Waals surface area (Å²) in [6, 6.07) is -0.639. The molecule has 0 saturated carbocycles. The topological polar surface area (TPSA) is 95.9 Å². The summed E-state index contributed by atoms with van der Waals surface area (Å²) in [7, 11) is 0. The number of ether oxygens (including phenoxy) is 1. The first-order valence-corrected chi connectivity index (χ1v) is 27.6. The van der Waals surface area contributed by atoms with Gasteiger partial charge in [0.15, 0.2) is 0 Å². The van der Waals surface area contributed by atoms with E-state index in [0.717, 1.165) is 70.6 Å². The number of aliphatic hydroxyl groups is 2. The molecule has 62 heavy (non-hydrogen) atoms. The fourth-order valence-electron chi connectivity index (χ4n) is 8.45. The molecule has 0 spiro atoms. The van der Waals surface area contributed by atoms with E-state index in [4.69, 9.17) is 4.74 Å². The molecule has 6 nitrogen and oxygen atoms in total. The van der Waals surface area contributed by atoms with Crippen molar-refractivity contribution in [3.63, 3.8) is 0 Å². The highest BCUT2D eigenvalue weighted by atomic mass is 16.5. The van der Waals surface area contributed by atoms with Gasteiger partial charge in [-0.05, 0) is 57.8 Å². The minimum Gasteiger partial charge on any atom is -0.466 e. The zero-order chi connectivity index (χ0) is 45.1. The van der Waals surface area contributed by atoms with Crippen molar-refractivity contribution in [1.29, 1.82) is 0 Å². The van der Waals surface area contributed by atoms with Crippen LogP contribution in [0.15, 0.2) is 24.3 Å². The monoisotopic (exact) mass is 874 g/mol. The molecular weight excluding hydrogens is 767 g/mol. The van der Waals surface area contributed by atoms with Crippen LogP contribution >= 0.6 is 0 Å². The van der Waals surface area contributed by atoms with E-state index >= 15 is 0 Å². The van der Waals surface area contributed by atoms with Crippen molar-refractivity contribution < 1.29 is 24.5 Å². The summed E-state index contributed by atoms with van der Waals surface area (Å²) in [5.74, 6) is -0.0913. The van der Waals surface area contributed by atoms with E-state index in [9.17, 15) is 19.8 Å². The lowest BCUT2D eigenvalue weighted by molar-refractivity contribution is -0.143. The highest BCUT2D eigenvalue weighted by molar-refractivity contribution is 5.76. The van der Waals surface area contributed by atoms with Gasteiger partial charge >= 0.3 is 5.97 Å². The maximum Gasteiger partial charge on any atom is 0.305 e. The lowest BCUT2D eigenvalue weighted by Crippen LogP contribution is -2.45. The average Bonchev–Trinajstić information content (AvgIpc) is 3.27. The van der Waals surface area contributed by atoms with Gasteiger partial charge in [0.1, 0.15) is 0 Å². The van der Waals surface area contributed by atoms with Gasteiger partial charge in [-0.15, -0.1) is 0 Å². The standard InChI is InChI=1S/C56H107NO5/c1-3-5-7-9-11-13-15-17-18-19-21-25-28-32-36-40-44-48-54(59)53(52-58)57-55(60)49-45-41-37-33-29-26-22-20-23-27-31-35-39-43-47-51-62-56(61)50-46-42-38-34-30-24-16-14-12-10-8-6-4-2/h23,27,44,48,53-54,58-59H,3-22,24-26,28-43,45-47,49-52H2,1-2H3,(H,57,60)/b27-23-,48-44+. The number of allylic oxidation sites excluding steroid dienone is 3. The first-order valence-electron chi connectivity index (χ1n) is 27.6. The van der Waals surface area contributed by atoms with Crippen molar-refractivity contribution in [2.24, 2.45) is 0 Å². The van der Waals surface area contributed by atoms with Crippen LogP contribution in [0.1, 0.15) is 296 Å². The maximum absolute atomic E-state index is 12.4. The molecular formula is C56H107NO5. The highest BCUT2D eigenvalue weighted by Gasteiger charge is 2.18. The molecule has 0 rings (SSSR count). The van der Waals surface area contributed by atoms with Crippen molar-refractivity contribution in [3.8, 4) is 0 Å². The summed E-state index contributed by atoms with van der Waals surface area (Å²) < 4.78 is 5.45. The van der Waals surface area contributed by atoms with Gasteiger partial charge in [0.2, 0.25) is 5.91 Å². The van der Waals surface area contributed by atoms with Gasteiger partial charge in [-0.3, -0.25) is 9.59 Å². The molecule has 0 aliphatic heterocycles. The Bertz CT molecular complexity index is 966. The molecule has 0 aliphatic carbocycles. The molecule has 366 valence electrons. The number of aliphatic hydroxyl groups excluding tert-OH is 2. The Morgan fingerprint density at radius 3 is 1.15 bits per heavy atom. The largest absolute Gasteiger partial charge is 0.466 e. The molecule has 0 saturated heterocycles. The number of esters is 1. The van der Waals surface area contributed by atoms with Crippen molar-refractivity contribution >= 4 is 11.9 Å². The lowest BCUT2D eigenvalue weighted by atomic mass is 10.0. The second-order valence-corrected chi connectivity index (χ2v) is 18.9. The third-order valence-electron chi connectivity index (χ3n) is 12.7. The predicted octanol–water partition coefficient (Wildman–Crippen LogP) is 16.7. The SMILES string of the molecule is CCCCCCCCCCCCCCCCC/C=C/C(O)C(CO)NC(=O)CCCCCCCCC/C=C\CCCCCCOC(=O)CCCCCCCCCCCCCCC. The third-order valence-corrected chi connectivity index (χ3v) is 12.7. The molecule has 0 aromatic carbocycles. The quantitative estimate of drug-likeness (QED) is 0.0321. The van der Waals surface area contributed by atoms with Crippen molar-refractivity contribution in [2.45, 2.75) is 309 Å². The van der Waals surface area contributed by atoms with E-state index in [0.29, 0.717) is 19.4 Å². The van der Waals surface area contributed by atoms with Gasteiger partial charge in [-0.2, -0.15) is 0 Å². The van der Waals surface area contributed by atoms with Gasteiger partial charge in [0.25, 0.3) is 0 Å². The number of carbonyl (C=O) groups excluding carboxylic acids is 2. The fourth-order valence-corrected chi connectivity index (χ4v) is 8.45. The molecule has 0 fully saturated rings. The van der Waals surface area contributed by atoms with Crippen LogP contribution in [0, 0.1) is 0 Å². The Kier molecular flexibility index (Phi) is 50.6. The molecule has 0 heterocycles. The normalized spacial score (nSPS) is 12.8. The summed E-state index contributed by atoms with van der Waals surface area (Å²) in [4.78, 5) is 24.5. The van der Waals surface area contributed by atoms with E-state index in [1.54, 1.807) is 6.08 Å². The van der Waals surface area contributed by atoms with Crippen molar-refractivity contribution in [3.05, 3.63) is 24.3 Å². The number of hydrogen-bond acceptors (Lipinski definition) is 5. The zero-order valence-corrected chi connectivity index (χ0v) is 41.6.